The van der Waals surface area contributed by atoms with Gasteiger partial charge < -0.3 is 16.0 Å². The summed E-state index contributed by atoms with van der Waals surface area (Å²) in [5, 5.41) is 2.54. The van der Waals surface area contributed by atoms with Gasteiger partial charge in [0.25, 0.3) is 0 Å². The van der Waals surface area contributed by atoms with E-state index in [4.69, 9.17) is 5.73 Å². The smallest absolute Gasteiger partial charge is 0.342 e. The summed E-state index contributed by atoms with van der Waals surface area (Å²) in [6.07, 6.45) is 1.82. The Hall–Kier alpha value is -2.16. The zero-order valence-electron chi connectivity index (χ0n) is 16.3. The van der Waals surface area contributed by atoms with Gasteiger partial charge in [0.15, 0.2) is 0 Å². The molecule has 3 rings (SSSR count). The number of hydrogen-bond donors (Lipinski definition) is 2. The lowest BCUT2D eigenvalue weighted by molar-refractivity contribution is -0.139. The van der Waals surface area contributed by atoms with Crippen LogP contribution in [0.4, 0.5) is 19.0 Å². The van der Waals surface area contributed by atoms with Crippen LogP contribution in [0.3, 0.4) is 0 Å². The van der Waals surface area contributed by atoms with E-state index in [2.05, 4.69) is 10.3 Å². The summed E-state index contributed by atoms with van der Waals surface area (Å²) in [6.45, 7) is 1.22. The number of nitrogens with zero attached hydrogens (tertiary/aromatic N) is 2. The van der Waals surface area contributed by atoms with Gasteiger partial charge in [0, 0.05) is 31.7 Å². The van der Waals surface area contributed by atoms with Crippen molar-refractivity contribution >= 4 is 17.6 Å². The molecule has 2 heterocycles. The Morgan fingerprint density at radius 1 is 1.14 bits per heavy atom. The molecule has 2 atom stereocenters. The number of nitrogens with two attached hydrogens (primary N) is 1. The van der Waals surface area contributed by atoms with Crippen molar-refractivity contribution in [2.75, 3.05) is 18.4 Å². The number of hydrogen-bond acceptors (Lipinski definition) is 4. The molecular formula is C20H27F3N4O2. The number of rotatable bonds is 4. The number of pyridine rings is 1. The van der Waals surface area contributed by atoms with Gasteiger partial charge in [0.05, 0.1) is 11.5 Å². The Balaban J connectivity index is 1.44. The summed E-state index contributed by atoms with van der Waals surface area (Å²) in [5.74, 6) is -0.00448. The van der Waals surface area contributed by atoms with E-state index in [0.29, 0.717) is 19.3 Å². The number of likely N-dealkylation sites (tertiary alicyclic amines) is 1. The standard InChI is InChI=1S/C20H27F3N4O2/c21-20(22,23)14-5-6-17(25-12-14)26-18(28)11-13-7-9-27(10-8-13)19(29)15-3-1-2-4-16(15)24/h5-6,12-13,15-16H,1-4,7-11,24H2,(H,25,26,28)/t15-,16-/m0/s1. The highest BCUT2D eigenvalue weighted by atomic mass is 19.4. The largest absolute Gasteiger partial charge is 0.417 e. The molecule has 0 spiro atoms. The molecule has 3 N–H and O–H groups in total. The molecule has 0 unspecified atom stereocenters. The van der Waals surface area contributed by atoms with E-state index in [1.807, 2.05) is 4.90 Å². The van der Waals surface area contributed by atoms with Crippen LogP contribution in [0.25, 0.3) is 0 Å². The third-order valence-corrected chi connectivity index (χ3v) is 5.90. The fourth-order valence-corrected chi connectivity index (χ4v) is 4.15. The molecule has 0 aromatic carbocycles. The predicted octanol–water partition coefficient (Wildman–Crippen LogP) is 3.19. The van der Waals surface area contributed by atoms with Gasteiger partial charge in [-0.2, -0.15) is 13.2 Å². The highest BCUT2D eigenvalue weighted by Gasteiger charge is 2.34. The van der Waals surface area contributed by atoms with Gasteiger partial charge in [-0.1, -0.05) is 12.8 Å². The minimum absolute atomic E-state index is 0.0593. The quantitative estimate of drug-likeness (QED) is 0.795. The van der Waals surface area contributed by atoms with Gasteiger partial charge in [-0.25, -0.2) is 4.98 Å². The zero-order chi connectivity index (χ0) is 21.0. The van der Waals surface area contributed by atoms with Crippen LogP contribution in [-0.2, 0) is 15.8 Å². The van der Waals surface area contributed by atoms with E-state index < -0.39 is 11.7 Å². The minimum Gasteiger partial charge on any atom is -0.342 e. The van der Waals surface area contributed by atoms with Crippen LogP contribution in [0.15, 0.2) is 18.3 Å². The van der Waals surface area contributed by atoms with E-state index in [1.54, 1.807) is 0 Å². The maximum atomic E-state index is 12.7. The number of piperidine rings is 1. The fourth-order valence-electron chi connectivity index (χ4n) is 4.15. The molecule has 160 valence electrons. The average molecular weight is 412 g/mol. The maximum Gasteiger partial charge on any atom is 0.417 e. The number of aromatic nitrogens is 1. The van der Waals surface area contributed by atoms with Crippen molar-refractivity contribution in [2.24, 2.45) is 17.6 Å². The molecule has 2 amide bonds. The van der Waals surface area contributed by atoms with Gasteiger partial charge in [0.1, 0.15) is 5.82 Å². The van der Waals surface area contributed by atoms with E-state index in [0.717, 1.165) is 50.7 Å². The highest BCUT2D eigenvalue weighted by molar-refractivity contribution is 5.89. The average Bonchev–Trinajstić information content (AvgIpc) is 2.68. The molecule has 1 saturated heterocycles. The van der Waals surface area contributed by atoms with Crippen LogP contribution in [0.5, 0.6) is 0 Å². The Bertz CT molecular complexity index is 715. The Kier molecular flexibility index (Phi) is 6.77. The van der Waals surface area contributed by atoms with Crippen LogP contribution in [-0.4, -0.2) is 40.8 Å². The van der Waals surface area contributed by atoms with E-state index in [9.17, 15) is 22.8 Å². The number of carbonyl (C=O) groups excluding carboxylic acids is 2. The lowest BCUT2D eigenvalue weighted by atomic mass is 9.83. The predicted molar refractivity (Wildman–Crippen MR) is 102 cm³/mol. The minimum atomic E-state index is -4.46. The molecule has 2 aliphatic rings. The van der Waals surface area contributed by atoms with Gasteiger partial charge in [-0.3, -0.25) is 9.59 Å². The third-order valence-electron chi connectivity index (χ3n) is 5.90. The second kappa shape index (κ2) is 9.11. The van der Waals surface area contributed by atoms with E-state index >= 15 is 0 Å². The van der Waals surface area contributed by atoms with Gasteiger partial charge in [-0.05, 0) is 43.7 Å². The van der Waals surface area contributed by atoms with Crippen molar-refractivity contribution in [1.82, 2.24) is 9.88 Å². The van der Waals surface area contributed by atoms with Crippen molar-refractivity contribution < 1.29 is 22.8 Å². The summed E-state index contributed by atoms with van der Waals surface area (Å²) in [5.41, 5.74) is 5.26. The SMILES string of the molecule is N[C@H]1CCCC[C@@H]1C(=O)N1CCC(CC(=O)Nc2ccc(C(F)(F)F)cn2)CC1. The lowest BCUT2D eigenvalue weighted by Gasteiger charge is -2.37. The number of carbonyl (C=O) groups is 2. The normalized spacial score (nSPS) is 23.7. The van der Waals surface area contributed by atoms with Gasteiger partial charge in [-0.15, -0.1) is 0 Å². The van der Waals surface area contributed by atoms with Crippen LogP contribution in [0.1, 0.15) is 50.5 Å². The fraction of sp³-hybridized carbons (Fsp3) is 0.650. The summed E-state index contributed by atoms with van der Waals surface area (Å²) in [6, 6.07) is 1.98. The molecule has 6 nitrogen and oxygen atoms in total. The first-order chi connectivity index (χ1) is 13.7. The maximum absolute atomic E-state index is 12.7. The van der Waals surface area contributed by atoms with E-state index in [-0.39, 0.29) is 41.9 Å². The zero-order valence-corrected chi connectivity index (χ0v) is 16.3. The van der Waals surface area contributed by atoms with E-state index in [1.165, 1.54) is 0 Å². The molecule has 29 heavy (non-hydrogen) atoms. The van der Waals surface area contributed by atoms with Gasteiger partial charge >= 0.3 is 6.18 Å². The number of halogens is 3. The molecule has 2 fully saturated rings. The molecule has 1 aliphatic heterocycles. The van der Waals surface area contributed by atoms with Crippen LogP contribution in [0.2, 0.25) is 0 Å². The Morgan fingerprint density at radius 2 is 1.83 bits per heavy atom. The lowest BCUT2D eigenvalue weighted by Crippen LogP contribution is -2.48. The Morgan fingerprint density at radius 3 is 2.41 bits per heavy atom. The van der Waals surface area contributed by atoms with Crippen molar-refractivity contribution in [3.05, 3.63) is 23.9 Å². The summed E-state index contributed by atoms with van der Waals surface area (Å²) >= 11 is 0. The number of alkyl halides is 3. The molecule has 1 aromatic heterocycles. The summed E-state index contributed by atoms with van der Waals surface area (Å²) in [4.78, 5) is 30.4. The first-order valence-electron chi connectivity index (χ1n) is 10.1. The Labute approximate surface area is 168 Å². The molecule has 9 heteroatoms. The molecule has 1 aliphatic carbocycles. The monoisotopic (exact) mass is 412 g/mol. The second-order valence-corrected chi connectivity index (χ2v) is 8.01. The summed E-state index contributed by atoms with van der Waals surface area (Å²) in [7, 11) is 0. The number of nitrogens with one attached hydrogen (secondary N) is 1. The van der Waals surface area contributed by atoms with Crippen molar-refractivity contribution in [3.8, 4) is 0 Å². The molecule has 0 bridgehead atoms. The van der Waals surface area contributed by atoms with Crippen LogP contribution >= 0.6 is 0 Å². The van der Waals surface area contributed by atoms with Crippen molar-refractivity contribution in [2.45, 2.75) is 57.2 Å². The number of anilines is 1. The first-order valence-corrected chi connectivity index (χ1v) is 10.1. The second-order valence-electron chi connectivity index (χ2n) is 8.01. The molecular weight excluding hydrogens is 385 g/mol. The van der Waals surface area contributed by atoms with Crippen molar-refractivity contribution in [1.29, 1.82) is 0 Å². The molecule has 0 radical (unpaired) electrons. The first kappa shape index (κ1) is 21.5. The van der Waals surface area contributed by atoms with Gasteiger partial charge in [0.2, 0.25) is 11.8 Å². The van der Waals surface area contributed by atoms with Crippen LogP contribution < -0.4 is 11.1 Å². The highest BCUT2D eigenvalue weighted by Crippen LogP contribution is 2.30. The summed E-state index contributed by atoms with van der Waals surface area (Å²) < 4.78 is 37.7. The van der Waals surface area contributed by atoms with Crippen molar-refractivity contribution in [3.63, 3.8) is 0 Å². The number of amides is 2. The molecule has 1 saturated carbocycles. The topological polar surface area (TPSA) is 88.3 Å². The third kappa shape index (κ3) is 5.68. The van der Waals surface area contributed by atoms with Crippen LogP contribution in [0, 0.1) is 11.8 Å². The molecule has 1 aromatic rings.